The molecule has 2 N–H and O–H groups in total. The fourth-order valence-electron chi connectivity index (χ4n) is 1.75. The lowest BCUT2D eigenvalue weighted by Gasteiger charge is -2.11. The quantitative estimate of drug-likeness (QED) is 0.827. The van der Waals surface area contributed by atoms with Crippen LogP contribution in [0.2, 0.25) is 5.02 Å². The molecule has 0 radical (unpaired) electrons. The number of aromatic nitrogens is 1. The number of nitrogens with zero attached hydrogens (tertiary/aromatic N) is 1. The first kappa shape index (κ1) is 15.5. The van der Waals surface area contributed by atoms with Crippen LogP contribution in [-0.2, 0) is 6.54 Å². The van der Waals surface area contributed by atoms with Gasteiger partial charge in [0, 0.05) is 24.2 Å². The fraction of sp³-hybridized carbons (Fsp3) is 0.267. The molecule has 2 rings (SSSR count). The van der Waals surface area contributed by atoms with Crippen LogP contribution in [0.5, 0.6) is 0 Å². The maximum Gasteiger partial charge on any atom is 0.168 e. The van der Waals surface area contributed by atoms with E-state index in [0.717, 1.165) is 18.1 Å². The van der Waals surface area contributed by atoms with Gasteiger partial charge in [0.25, 0.3) is 0 Å². The highest BCUT2D eigenvalue weighted by Crippen LogP contribution is 2.20. The maximum atomic E-state index is 13.7. The summed E-state index contributed by atoms with van der Waals surface area (Å²) in [6.45, 7) is 2.90. The van der Waals surface area contributed by atoms with Gasteiger partial charge in [0.1, 0.15) is 0 Å². The zero-order chi connectivity index (χ0) is 15.2. The highest BCUT2D eigenvalue weighted by Gasteiger charge is 2.11. The van der Waals surface area contributed by atoms with Gasteiger partial charge >= 0.3 is 0 Å². The van der Waals surface area contributed by atoms with E-state index in [-0.39, 0.29) is 11.6 Å². The first-order chi connectivity index (χ1) is 10.1. The van der Waals surface area contributed by atoms with Gasteiger partial charge in [0.05, 0.1) is 0 Å². The largest absolute Gasteiger partial charge is 0.368 e. The molecule has 0 aliphatic carbocycles. The monoisotopic (exact) mass is 311 g/mol. The number of rotatable bonds is 6. The van der Waals surface area contributed by atoms with Gasteiger partial charge in [0.15, 0.2) is 23.3 Å². The van der Waals surface area contributed by atoms with Crippen molar-refractivity contribution < 1.29 is 8.78 Å². The molecule has 0 saturated carbocycles. The van der Waals surface area contributed by atoms with Crippen molar-refractivity contribution in [1.82, 2.24) is 4.98 Å². The summed E-state index contributed by atoms with van der Waals surface area (Å²) in [4.78, 5) is 3.94. The smallest absolute Gasteiger partial charge is 0.168 e. The van der Waals surface area contributed by atoms with Crippen molar-refractivity contribution in [3.63, 3.8) is 0 Å². The minimum atomic E-state index is -0.719. The summed E-state index contributed by atoms with van der Waals surface area (Å²) in [5.41, 5.74) is 0.924. The molecule has 6 heteroatoms. The number of pyridine rings is 1. The number of hydrogen-bond acceptors (Lipinski definition) is 3. The van der Waals surface area contributed by atoms with Crippen LogP contribution in [0.3, 0.4) is 0 Å². The summed E-state index contributed by atoms with van der Waals surface area (Å²) < 4.78 is 27.3. The van der Waals surface area contributed by atoms with E-state index in [1.807, 2.05) is 19.1 Å². The van der Waals surface area contributed by atoms with E-state index in [1.165, 1.54) is 0 Å². The molecule has 0 bridgehead atoms. The summed E-state index contributed by atoms with van der Waals surface area (Å²) in [6, 6.07) is 7.98. The summed E-state index contributed by atoms with van der Waals surface area (Å²) in [5.74, 6) is -1.34. The molecular formula is C15H16ClF2N3. The molecule has 0 unspecified atom stereocenters. The third-order valence-electron chi connectivity index (χ3n) is 2.85. The lowest BCUT2D eigenvalue weighted by molar-refractivity contribution is 0.577. The fourth-order valence-corrected chi connectivity index (χ4v) is 1.87. The van der Waals surface area contributed by atoms with Gasteiger partial charge in [-0.25, -0.2) is 13.8 Å². The molecule has 0 spiro atoms. The van der Waals surface area contributed by atoms with Crippen molar-refractivity contribution in [2.45, 2.75) is 19.9 Å². The second-order valence-corrected chi connectivity index (χ2v) is 4.99. The van der Waals surface area contributed by atoms with E-state index in [1.54, 1.807) is 12.1 Å². The second kappa shape index (κ2) is 7.22. The van der Waals surface area contributed by atoms with Gasteiger partial charge in [0.2, 0.25) is 0 Å². The third kappa shape index (κ3) is 4.29. The van der Waals surface area contributed by atoms with Crippen LogP contribution in [0, 0.1) is 11.6 Å². The van der Waals surface area contributed by atoms with Gasteiger partial charge in [-0.15, -0.1) is 0 Å². The van der Waals surface area contributed by atoms with Crippen molar-refractivity contribution in [3.8, 4) is 0 Å². The Morgan fingerprint density at radius 1 is 1.05 bits per heavy atom. The van der Waals surface area contributed by atoms with Crippen LogP contribution in [0.4, 0.5) is 20.4 Å². The summed E-state index contributed by atoms with van der Waals surface area (Å²) in [7, 11) is 0. The average molecular weight is 312 g/mol. The van der Waals surface area contributed by atoms with Gasteiger partial charge in [-0.1, -0.05) is 30.7 Å². The molecule has 3 nitrogen and oxygen atoms in total. The predicted octanol–water partition coefficient (Wildman–Crippen LogP) is 4.45. The van der Waals surface area contributed by atoms with E-state index in [0.29, 0.717) is 18.1 Å². The lowest BCUT2D eigenvalue weighted by atomic mass is 10.2. The lowest BCUT2D eigenvalue weighted by Crippen LogP contribution is -2.09. The molecular weight excluding hydrogens is 296 g/mol. The third-order valence-corrected chi connectivity index (χ3v) is 3.10. The first-order valence-electron chi connectivity index (χ1n) is 6.68. The van der Waals surface area contributed by atoms with E-state index in [4.69, 9.17) is 11.6 Å². The Balaban J connectivity index is 2.09. The first-order valence-corrected chi connectivity index (χ1v) is 7.06. The van der Waals surface area contributed by atoms with Crippen molar-refractivity contribution in [1.29, 1.82) is 0 Å². The van der Waals surface area contributed by atoms with Gasteiger partial charge in [-0.05, 0) is 24.1 Å². The van der Waals surface area contributed by atoms with E-state index < -0.39 is 11.6 Å². The van der Waals surface area contributed by atoms with E-state index in [9.17, 15) is 8.78 Å². The number of halogens is 3. The Hall–Kier alpha value is -1.88. The minimum Gasteiger partial charge on any atom is -0.368 e. The van der Waals surface area contributed by atoms with E-state index in [2.05, 4.69) is 15.6 Å². The number of hydrogen-bond donors (Lipinski definition) is 2. The summed E-state index contributed by atoms with van der Waals surface area (Å²) >= 11 is 5.80. The molecule has 0 saturated heterocycles. The maximum absolute atomic E-state index is 13.7. The van der Waals surface area contributed by atoms with Crippen molar-refractivity contribution in [2.24, 2.45) is 0 Å². The molecule has 1 aromatic heterocycles. The van der Waals surface area contributed by atoms with Crippen molar-refractivity contribution >= 4 is 23.2 Å². The SMILES string of the molecule is CCCNc1nc(NCc2ccc(Cl)cc2)c(F)cc1F. The van der Waals surface area contributed by atoms with Crippen LogP contribution in [0.1, 0.15) is 18.9 Å². The number of benzene rings is 1. The summed E-state index contributed by atoms with van der Waals surface area (Å²) in [5, 5.41) is 6.32. The molecule has 21 heavy (non-hydrogen) atoms. The van der Waals surface area contributed by atoms with Crippen LogP contribution in [-0.4, -0.2) is 11.5 Å². The Kier molecular flexibility index (Phi) is 5.33. The Labute approximate surface area is 127 Å². The van der Waals surface area contributed by atoms with Gasteiger partial charge < -0.3 is 10.6 Å². The standard InChI is InChI=1S/C15H16ClF2N3/c1-2-7-19-14-12(17)8-13(18)15(21-14)20-9-10-3-5-11(16)6-4-10/h3-6,8H,2,7,9H2,1H3,(H2,19,20,21). The van der Waals surface area contributed by atoms with Crippen LogP contribution >= 0.6 is 11.6 Å². The predicted molar refractivity (Wildman–Crippen MR) is 81.7 cm³/mol. The Morgan fingerprint density at radius 3 is 2.29 bits per heavy atom. The molecule has 0 atom stereocenters. The average Bonchev–Trinajstić information content (AvgIpc) is 2.47. The number of nitrogens with one attached hydrogen (secondary N) is 2. The molecule has 0 aliphatic rings. The van der Waals surface area contributed by atoms with Crippen LogP contribution < -0.4 is 10.6 Å². The molecule has 0 aliphatic heterocycles. The molecule has 2 aromatic rings. The molecule has 0 amide bonds. The minimum absolute atomic E-state index is 0.0185. The highest BCUT2D eigenvalue weighted by molar-refractivity contribution is 6.30. The summed E-state index contributed by atoms with van der Waals surface area (Å²) in [6.07, 6.45) is 0.825. The highest BCUT2D eigenvalue weighted by atomic mass is 35.5. The van der Waals surface area contributed by atoms with E-state index >= 15 is 0 Å². The van der Waals surface area contributed by atoms with Gasteiger partial charge in [-0.2, -0.15) is 0 Å². The number of anilines is 2. The Bertz CT molecular complexity index is 603. The van der Waals surface area contributed by atoms with Crippen LogP contribution in [0.25, 0.3) is 0 Å². The Morgan fingerprint density at radius 2 is 1.67 bits per heavy atom. The molecule has 0 fully saturated rings. The van der Waals surface area contributed by atoms with Crippen LogP contribution in [0.15, 0.2) is 30.3 Å². The zero-order valence-electron chi connectivity index (χ0n) is 11.6. The molecule has 1 heterocycles. The van der Waals surface area contributed by atoms with Gasteiger partial charge in [-0.3, -0.25) is 0 Å². The topological polar surface area (TPSA) is 37.0 Å². The second-order valence-electron chi connectivity index (χ2n) is 4.56. The molecule has 112 valence electrons. The molecule has 1 aromatic carbocycles. The van der Waals surface area contributed by atoms with Crippen molar-refractivity contribution in [3.05, 3.63) is 52.6 Å². The zero-order valence-corrected chi connectivity index (χ0v) is 12.3. The van der Waals surface area contributed by atoms with Crippen molar-refractivity contribution in [2.75, 3.05) is 17.2 Å². The normalized spacial score (nSPS) is 10.5.